The number of fused-ring (bicyclic) bond motifs is 1. The second-order valence-electron chi connectivity index (χ2n) is 3.69. The third kappa shape index (κ3) is 1.48. The van der Waals surface area contributed by atoms with Gasteiger partial charge in [0.2, 0.25) is 0 Å². The number of nitrogens with one attached hydrogen (secondary N) is 1. The lowest BCUT2D eigenvalue weighted by Gasteiger charge is -2.24. The molecule has 1 aliphatic heterocycles. The Bertz CT molecular complexity index is 473. The SMILES string of the molecule is Cc1nc(C2NCCn3cncc32)cs1. The first-order chi connectivity index (χ1) is 7.34. The maximum Gasteiger partial charge on any atom is 0.0949 e. The minimum Gasteiger partial charge on any atom is -0.332 e. The van der Waals surface area contributed by atoms with Crippen LogP contribution in [0.25, 0.3) is 0 Å². The van der Waals surface area contributed by atoms with Gasteiger partial charge in [-0.3, -0.25) is 0 Å². The summed E-state index contributed by atoms with van der Waals surface area (Å²) < 4.78 is 2.19. The first kappa shape index (κ1) is 9.06. The molecule has 0 aliphatic carbocycles. The molecule has 4 nitrogen and oxygen atoms in total. The molecule has 0 saturated heterocycles. The number of thiazole rings is 1. The van der Waals surface area contributed by atoms with E-state index in [2.05, 4.69) is 25.2 Å². The van der Waals surface area contributed by atoms with Crippen molar-refractivity contribution < 1.29 is 0 Å². The van der Waals surface area contributed by atoms with Crippen molar-refractivity contribution in [3.05, 3.63) is 34.3 Å². The van der Waals surface area contributed by atoms with E-state index in [0.29, 0.717) is 0 Å². The Balaban J connectivity index is 2.02. The Morgan fingerprint density at radius 3 is 3.33 bits per heavy atom. The smallest absolute Gasteiger partial charge is 0.0949 e. The summed E-state index contributed by atoms with van der Waals surface area (Å²) in [6.45, 7) is 4.01. The fraction of sp³-hybridized carbons (Fsp3) is 0.400. The molecule has 2 aromatic rings. The van der Waals surface area contributed by atoms with Crippen LogP contribution in [0.15, 0.2) is 17.9 Å². The minimum absolute atomic E-state index is 0.214. The zero-order chi connectivity index (χ0) is 10.3. The predicted molar refractivity (Wildman–Crippen MR) is 58.9 cm³/mol. The van der Waals surface area contributed by atoms with Gasteiger partial charge in [0.1, 0.15) is 0 Å². The molecule has 3 rings (SSSR count). The summed E-state index contributed by atoms with van der Waals surface area (Å²) in [4.78, 5) is 8.71. The number of rotatable bonds is 1. The van der Waals surface area contributed by atoms with Crippen molar-refractivity contribution >= 4 is 11.3 Å². The van der Waals surface area contributed by atoms with Crippen LogP contribution in [-0.4, -0.2) is 21.1 Å². The molecule has 1 unspecified atom stereocenters. The van der Waals surface area contributed by atoms with Crippen LogP contribution in [0.1, 0.15) is 22.4 Å². The highest BCUT2D eigenvalue weighted by Gasteiger charge is 2.23. The molecular formula is C10H12N4S. The standard InChI is InChI=1S/C10H12N4S/c1-7-13-8(5-15-7)10-9-4-11-6-14(9)3-2-12-10/h4-6,10,12H,2-3H2,1H3. The van der Waals surface area contributed by atoms with E-state index in [-0.39, 0.29) is 6.04 Å². The van der Waals surface area contributed by atoms with E-state index in [1.165, 1.54) is 5.69 Å². The molecule has 0 saturated carbocycles. The van der Waals surface area contributed by atoms with Crippen LogP contribution in [0.2, 0.25) is 0 Å². The molecule has 0 bridgehead atoms. The minimum atomic E-state index is 0.214. The summed E-state index contributed by atoms with van der Waals surface area (Å²) in [5.74, 6) is 0. The van der Waals surface area contributed by atoms with Gasteiger partial charge in [0, 0.05) is 18.5 Å². The highest BCUT2D eigenvalue weighted by Crippen LogP contribution is 2.25. The topological polar surface area (TPSA) is 42.7 Å². The van der Waals surface area contributed by atoms with Crippen molar-refractivity contribution in [3.63, 3.8) is 0 Å². The van der Waals surface area contributed by atoms with E-state index < -0.39 is 0 Å². The summed E-state index contributed by atoms with van der Waals surface area (Å²) in [5.41, 5.74) is 2.32. The number of hydrogen-bond donors (Lipinski definition) is 1. The maximum absolute atomic E-state index is 4.53. The van der Waals surface area contributed by atoms with Crippen molar-refractivity contribution in [2.75, 3.05) is 6.54 Å². The Labute approximate surface area is 92.0 Å². The first-order valence-electron chi connectivity index (χ1n) is 5.00. The molecule has 5 heteroatoms. The summed E-state index contributed by atoms with van der Waals surface area (Å²) in [6.07, 6.45) is 3.81. The van der Waals surface area contributed by atoms with E-state index in [0.717, 1.165) is 23.8 Å². The van der Waals surface area contributed by atoms with Crippen LogP contribution in [0.5, 0.6) is 0 Å². The van der Waals surface area contributed by atoms with Gasteiger partial charge in [-0.15, -0.1) is 11.3 Å². The largest absolute Gasteiger partial charge is 0.332 e. The van der Waals surface area contributed by atoms with Crippen LogP contribution >= 0.6 is 11.3 Å². The average Bonchev–Trinajstić information content (AvgIpc) is 2.84. The van der Waals surface area contributed by atoms with E-state index in [1.807, 2.05) is 19.4 Å². The van der Waals surface area contributed by atoms with Gasteiger partial charge in [0.15, 0.2) is 0 Å². The molecule has 3 heterocycles. The second-order valence-corrected chi connectivity index (χ2v) is 4.75. The molecule has 0 amide bonds. The lowest BCUT2D eigenvalue weighted by Crippen LogP contribution is -2.33. The molecule has 0 spiro atoms. The number of nitrogens with zero attached hydrogens (tertiary/aromatic N) is 3. The van der Waals surface area contributed by atoms with Crippen molar-refractivity contribution in [1.29, 1.82) is 0 Å². The van der Waals surface area contributed by atoms with Crippen LogP contribution < -0.4 is 5.32 Å². The quantitative estimate of drug-likeness (QED) is 0.788. The number of aryl methyl sites for hydroxylation is 1. The predicted octanol–water partition coefficient (Wildman–Crippen LogP) is 1.34. The van der Waals surface area contributed by atoms with E-state index in [4.69, 9.17) is 0 Å². The summed E-state index contributed by atoms with van der Waals surface area (Å²) >= 11 is 1.69. The van der Waals surface area contributed by atoms with Crippen LogP contribution in [-0.2, 0) is 6.54 Å². The molecular weight excluding hydrogens is 208 g/mol. The molecule has 15 heavy (non-hydrogen) atoms. The van der Waals surface area contributed by atoms with Gasteiger partial charge in [-0.05, 0) is 6.92 Å². The Hall–Kier alpha value is -1.20. The van der Waals surface area contributed by atoms with Crippen LogP contribution in [0, 0.1) is 6.92 Å². The summed E-state index contributed by atoms with van der Waals surface area (Å²) in [6, 6.07) is 0.214. The molecule has 0 aromatic carbocycles. The van der Waals surface area contributed by atoms with Crippen LogP contribution in [0.3, 0.4) is 0 Å². The lowest BCUT2D eigenvalue weighted by atomic mass is 10.1. The van der Waals surface area contributed by atoms with Crippen molar-refractivity contribution in [1.82, 2.24) is 19.9 Å². The van der Waals surface area contributed by atoms with Crippen molar-refractivity contribution in [2.24, 2.45) is 0 Å². The molecule has 0 fully saturated rings. The second kappa shape index (κ2) is 3.43. The van der Waals surface area contributed by atoms with E-state index >= 15 is 0 Å². The van der Waals surface area contributed by atoms with E-state index in [1.54, 1.807) is 11.3 Å². The fourth-order valence-electron chi connectivity index (χ4n) is 1.96. The Morgan fingerprint density at radius 1 is 1.60 bits per heavy atom. The first-order valence-corrected chi connectivity index (χ1v) is 5.88. The average molecular weight is 220 g/mol. The molecule has 1 aliphatic rings. The van der Waals surface area contributed by atoms with Crippen molar-refractivity contribution in [3.8, 4) is 0 Å². The molecule has 2 aromatic heterocycles. The van der Waals surface area contributed by atoms with Gasteiger partial charge in [-0.2, -0.15) is 0 Å². The van der Waals surface area contributed by atoms with Gasteiger partial charge in [-0.25, -0.2) is 9.97 Å². The highest BCUT2D eigenvalue weighted by molar-refractivity contribution is 7.09. The summed E-state index contributed by atoms with van der Waals surface area (Å²) in [5, 5.41) is 6.71. The molecule has 78 valence electrons. The zero-order valence-corrected chi connectivity index (χ0v) is 9.29. The lowest BCUT2D eigenvalue weighted by molar-refractivity contribution is 0.461. The van der Waals surface area contributed by atoms with Gasteiger partial charge >= 0.3 is 0 Å². The van der Waals surface area contributed by atoms with Gasteiger partial charge in [-0.1, -0.05) is 0 Å². The third-order valence-electron chi connectivity index (χ3n) is 2.67. The number of imidazole rings is 1. The monoisotopic (exact) mass is 220 g/mol. The third-order valence-corrected chi connectivity index (χ3v) is 3.47. The van der Waals surface area contributed by atoms with Crippen LogP contribution in [0.4, 0.5) is 0 Å². The van der Waals surface area contributed by atoms with E-state index in [9.17, 15) is 0 Å². The normalized spacial score (nSPS) is 20.2. The molecule has 1 N–H and O–H groups in total. The molecule has 0 radical (unpaired) electrons. The molecule has 1 atom stereocenters. The number of aromatic nitrogens is 3. The zero-order valence-electron chi connectivity index (χ0n) is 8.47. The van der Waals surface area contributed by atoms with Gasteiger partial charge < -0.3 is 9.88 Å². The summed E-state index contributed by atoms with van der Waals surface area (Å²) in [7, 11) is 0. The maximum atomic E-state index is 4.53. The van der Waals surface area contributed by atoms with Crippen molar-refractivity contribution in [2.45, 2.75) is 19.5 Å². The Morgan fingerprint density at radius 2 is 2.53 bits per heavy atom. The van der Waals surface area contributed by atoms with Gasteiger partial charge in [0.25, 0.3) is 0 Å². The Kier molecular flexibility index (Phi) is 2.07. The number of hydrogen-bond acceptors (Lipinski definition) is 4. The van der Waals surface area contributed by atoms with Gasteiger partial charge in [0.05, 0.1) is 35.0 Å². The highest BCUT2D eigenvalue weighted by atomic mass is 32.1. The fourth-order valence-corrected chi connectivity index (χ4v) is 2.60.